The minimum Gasteiger partial charge on any atom is -0.457 e. The van der Waals surface area contributed by atoms with Crippen molar-refractivity contribution in [3.05, 3.63) is 72.7 Å². The molecule has 2 aromatic carbocycles. The van der Waals surface area contributed by atoms with E-state index in [1.165, 1.54) is 12.3 Å². The molecule has 0 aliphatic heterocycles. The molecule has 2 aromatic heterocycles. The molecule has 4 aromatic rings. The van der Waals surface area contributed by atoms with Crippen LogP contribution in [0.2, 0.25) is 0 Å². The second-order valence-electron chi connectivity index (χ2n) is 5.32. The minimum atomic E-state index is -0.658. The summed E-state index contributed by atoms with van der Waals surface area (Å²) in [5, 5.41) is 1.97. The van der Waals surface area contributed by atoms with Crippen molar-refractivity contribution in [1.82, 2.24) is 4.57 Å². The SMILES string of the molecule is O=C(OCC(=O)n1c2ccccc2c2ccccc21)c1ccco1. The van der Waals surface area contributed by atoms with Crippen LogP contribution in [0.15, 0.2) is 71.3 Å². The lowest BCUT2D eigenvalue weighted by Gasteiger charge is -2.06. The molecular weight excluding hydrogens is 306 g/mol. The summed E-state index contributed by atoms with van der Waals surface area (Å²) in [6.45, 7) is -0.359. The van der Waals surface area contributed by atoms with E-state index in [0.717, 1.165) is 21.8 Å². The lowest BCUT2D eigenvalue weighted by Crippen LogP contribution is -2.19. The van der Waals surface area contributed by atoms with Crippen LogP contribution in [0.4, 0.5) is 0 Å². The standard InChI is InChI=1S/C19H13NO4/c21-18(12-24-19(22)17-10-5-11-23-17)20-15-8-3-1-6-13(15)14-7-2-4-9-16(14)20/h1-11H,12H2. The third-order valence-corrected chi connectivity index (χ3v) is 3.88. The molecule has 0 spiro atoms. The van der Waals surface area contributed by atoms with Gasteiger partial charge in [-0.2, -0.15) is 0 Å². The maximum absolute atomic E-state index is 12.7. The second kappa shape index (κ2) is 5.70. The number of carbonyl (C=O) groups is 2. The molecule has 0 aliphatic rings. The Hall–Kier alpha value is -3.34. The molecule has 5 heteroatoms. The number of hydrogen-bond donors (Lipinski definition) is 0. The highest BCUT2D eigenvalue weighted by molar-refractivity contribution is 6.13. The molecule has 0 bridgehead atoms. The molecule has 0 saturated carbocycles. The second-order valence-corrected chi connectivity index (χ2v) is 5.32. The molecule has 118 valence electrons. The van der Waals surface area contributed by atoms with Gasteiger partial charge < -0.3 is 9.15 Å². The quantitative estimate of drug-likeness (QED) is 0.538. The first-order valence-electron chi connectivity index (χ1n) is 7.48. The van der Waals surface area contributed by atoms with Gasteiger partial charge in [0.25, 0.3) is 5.91 Å². The van der Waals surface area contributed by atoms with Crippen molar-refractivity contribution in [1.29, 1.82) is 0 Å². The van der Waals surface area contributed by atoms with Gasteiger partial charge in [-0.3, -0.25) is 9.36 Å². The van der Waals surface area contributed by atoms with Crippen LogP contribution in [-0.2, 0) is 4.74 Å². The topological polar surface area (TPSA) is 61.4 Å². The van der Waals surface area contributed by atoms with Crippen LogP contribution in [-0.4, -0.2) is 23.1 Å². The van der Waals surface area contributed by atoms with Crippen LogP contribution in [0.5, 0.6) is 0 Å². The number of furan rings is 1. The Morgan fingerprint density at radius 2 is 1.50 bits per heavy atom. The fourth-order valence-corrected chi connectivity index (χ4v) is 2.85. The average molecular weight is 319 g/mol. The minimum absolute atomic E-state index is 0.0741. The van der Waals surface area contributed by atoms with E-state index in [1.54, 1.807) is 10.6 Å². The third kappa shape index (κ3) is 2.27. The van der Waals surface area contributed by atoms with Gasteiger partial charge in [0.2, 0.25) is 5.76 Å². The number of fused-ring (bicyclic) bond motifs is 3. The van der Waals surface area contributed by atoms with Gasteiger partial charge in [-0.25, -0.2) is 4.79 Å². The average Bonchev–Trinajstić information content (AvgIpc) is 3.25. The van der Waals surface area contributed by atoms with Crippen molar-refractivity contribution in [2.24, 2.45) is 0 Å². The van der Waals surface area contributed by atoms with Gasteiger partial charge >= 0.3 is 5.97 Å². The number of ether oxygens (including phenoxy) is 1. The van der Waals surface area contributed by atoms with E-state index in [4.69, 9.17) is 9.15 Å². The maximum Gasteiger partial charge on any atom is 0.374 e. The van der Waals surface area contributed by atoms with Crippen LogP contribution in [0.1, 0.15) is 15.3 Å². The molecule has 0 amide bonds. The van der Waals surface area contributed by atoms with Crippen molar-refractivity contribution in [3.63, 3.8) is 0 Å². The van der Waals surface area contributed by atoms with E-state index in [0.29, 0.717) is 0 Å². The molecule has 0 saturated heterocycles. The molecule has 0 aliphatic carbocycles. The predicted molar refractivity (Wildman–Crippen MR) is 89.1 cm³/mol. The van der Waals surface area contributed by atoms with Gasteiger partial charge in [-0.05, 0) is 24.3 Å². The maximum atomic E-state index is 12.7. The monoisotopic (exact) mass is 319 g/mol. The van der Waals surface area contributed by atoms with Gasteiger partial charge in [0.05, 0.1) is 17.3 Å². The van der Waals surface area contributed by atoms with Crippen LogP contribution < -0.4 is 0 Å². The van der Waals surface area contributed by atoms with Gasteiger partial charge in [-0.15, -0.1) is 0 Å². The van der Waals surface area contributed by atoms with Crippen molar-refractivity contribution in [2.75, 3.05) is 6.61 Å². The first kappa shape index (κ1) is 14.3. The number of benzene rings is 2. The first-order valence-corrected chi connectivity index (χ1v) is 7.48. The van der Waals surface area contributed by atoms with Gasteiger partial charge in [0, 0.05) is 10.8 Å². The van der Waals surface area contributed by atoms with Gasteiger partial charge in [-0.1, -0.05) is 36.4 Å². The van der Waals surface area contributed by atoms with Gasteiger partial charge in [0.15, 0.2) is 6.61 Å². The zero-order chi connectivity index (χ0) is 16.5. The smallest absolute Gasteiger partial charge is 0.374 e. The zero-order valence-electron chi connectivity index (χ0n) is 12.6. The molecule has 0 atom stereocenters. The Bertz CT molecular complexity index is 991. The zero-order valence-corrected chi connectivity index (χ0v) is 12.6. The largest absolute Gasteiger partial charge is 0.457 e. The Morgan fingerprint density at radius 3 is 2.08 bits per heavy atom. The molecule has 5 nitrogen and oxygen atoms in total. The lowest BCUT2D eigenvalue weighted by molar-refractivity contribution is 0.0423. The van der Waals surface area contributed by atoms with E-state index in [2.05, 4.69) is 0 Å². The summed E-state index contributed by atoms with van der Waals surface area (Å²) >= 11 is 0. The van der Waals surface area contributed by atoms with Crippen LogP contribution >= 0.6 is 0 Å². The fraction of sp³-hybridized carbons (Fsp3) is 0.0526. The summed E-state index contributed by atoms with van der Waals surface area (Å²) in [4.78, 5) is 24.5. The van der Waals surface area contributed by atoms with Crippen molar-refractivity contribution >= 4 is 33.7 Å². The normalized spacial score (nSPS) is 11.0. The number of aromatic nitrogens is 1. The molecule has 0 radical (unpaired) electrons. The molecule has 2 heterocycles. The molecule has 24 heavy (non-hydrogen) atoms. The summed E-state index contributed by atoms with van der Waals surface area (Å²) in [6.07, 6.45) is 1.38. The van der Waals surface area contributed by atoms with Gasteiger partial charge in [0.1, 0.15) is 0 Å². The third-order valence-electron chi connectivity index (χ3n) is 3.88. The number of rotatable bonds is 3. The summed E-state index contributed by atoms with van der Waals surface area (Å²) < 4.78 is 11.6. The van der Waals surface area contributed by atoms with Crippen LogP contribution in [0.3, 0.4) is 0 Å². The number of esters is 1. The number of carbonyl (C=O) groups excluding carboxylic acids is 2. The summed E-state index contributed by atoms with van der Waals surface area (Å²) in [5.41, 5.74) is 1.58. The van der Waals surface area contributed by atoms with E-state index in [-0.39, 0.29) is 18.3 Å². The first-order chi connectivity index (χ1) is 11.8. The highest BCUT2D eigenvalue weighted by Gasteiger charge is 2.18. The van der Waals surface area contributed by atoms with Crippen LogP contribution in [0.25, 0.3) is 21.8 Å². The van der Waals surface area contributed by atoms with E-state index >= 15 is 0 Å². The molecule has 4 rings (SSSR count). The Morgan fingerprint density at radius 1 is 0.875 bits per heavy atom. The van der Waals surface area contributed by atoms with Crippen molar-refractivity contribution in [3.8, 4) is 0 Å². The number of para-hydroxylation sites is 2. The van der Waals surface area contributed by atoms with E-state index in [9.17, 15) is 9.59 Å². The summed E-state index contributed by atoms with van der Waals surface area (Å²) in [5.74, 6) is -0.897. The van der Waals surface area contributed by atoms with Crippen molar-refractivity contribution < 1.29 is 18.7 Å². The fourth-order valence-electron chi connectivity index (χ4n) is 2.85. The molecular formula is C19H13NO4. The van der Waals surface area contributed by atoms with Crippen molar-refractivity contribution in [2.45, 2.75) is 0 Å². The predicted octanol–water partition coefficient (Wildman–Crippen LogP) is 3.88. The Balaban J connectivity index is 1.70. The highest BCUT2D eigenvalue weighted by atomic mass is 16.5. The van der Waals surface area contributed by atoms with Crippen LogP contribution in [0, 0.1) is 0 Å². The summed E-state index contributed by atoms with van der Waals surface area (Å²) in [7, 11) is 0. The van der Waals surface area contributed by atoms with E-state index < -0.39 is 5.97 Å². The summed E-state index contributed by atoms with van der Waals surface area (Å²) in [6, 6.07) is 18.4. The molecule has 0 fully saturated rings. The number of nitrogens with zero attached hydrogens (tertiary/aromatic N) is 1. The Labute approximate surface area is 137 Å². The van der Waals surface area contributed by atoms with E-state index in [1.807, 2.05) is 48.5 Å². The molecule has 0 unspecified atom stereocenters. The Kier molecular flexibility index (Phi) is 3.39. The lowest BCUT2D eigenvalue weighted by atomic mass is 10.2. The highest BCUT2D eigenvalue weighted by Crippen LogP contribution is 2.28. The molecule has 0 N–H and O–H groups in total. The number of hydrogen-bond acceptors (Lipinski definition) is 4.